The maximum atomic E-state index is 11.9. The van der Waals surface area contributed by atoms with Crippen LogP contribution in [0.4, 0.5) is 0 Å². The Morgan fingerprint density at radius 3 is 2.65 bits per heavy atom. The third kappa shape index (κ3) is 5.50. The summed E-state index contributed by atoms with van der Waals surface area (Å²) in [5.74, 6) is 0.0815. The van der Waals surface area contributed by atoms with E-state index in [0.717, 1.165) is 32.1 Å². The highest BCUT2D eigenvalue weighted by atomic mass is 16.5. The van der Waals surface area contributed by atoms with Crippen LogP contribution in [0.3, 0.4) is 0 Å². The summed E-state index contributed by atoms with van der Waals surface area (Å²) in [5.41, 5.74) is 5.99. The molecular formula is C13H26N2O2. The number of hydrogen-bond donors (Lipinski definition) is 2. The van der Waals surface area contributed by atoms with Gasteiger partial charge in [0.25, 0.3) is 0 Å². The van der Waals surface area contributed by atoms with Crippen LogP contribution >= 0.6 is 0 Å². The Morgan fingerprint density at radius 2 is 2.06 bits per heavy atom. The Hall–Kier alpha value is -0.610. The summed E-state index contributed by atoms with van der Waals surface area (Å²) in [4.78, 5) is 11.9. The maximum absolute atomic E-state index is 11.9. The molecule has 17 heavy (non-hydrogen) atoms. The number of nitrogens with one attached hydrogen (secondary N) is 1. The SMILES string of the molecule is COCCC(C)NC(=O)CC1(N)CCCCC1. The van der Waals surface area contributed by atoms with Crippen molar-refractivity contribution in [1.82, 2.24) is 5.32 Å². The number of carbonyl (C=O) groups is 1. The topological polar surface area (TPSA) is 64.3 Å². The molecule has 1 aliphatic rings. The zero-order valence-electron chi connectivity index (χ0n) is 11.1. The Morgan fingerprint density at radius 1 is 1.41 bits per heavy atom. The van der Waals surface area contributed by atoms with E-state index in [2.05, 4.69) is 5.32 Å². The van der Waals surface area contributed by atoms with Crippen molar-refractivity contribution in [3.63, 3.8) is 0 Å². The highest BCUT2D eigenvalue weighted by Gasteiger charge is 2.30. The highest BCUT2D eigenvalue weighted by Crippen LogP contribution is 2.28. The number of carbonyl (C=O) groups excluding carboxylic acids is 1. The standard InChI is InChI=1S/C13H26N2O2/c1-11(6-9-17-2)15-12(16)10-13(14)7-4-3-5-8-13/h11H,3-10,14H2,1-2H3,(H,15,16). The summed E-state index contributed by atoms with van der Waals surface area (Å²) >= 11 is 0. The average Bonchev–Trinajstić information content (AvgIpc) is 2.26. The third-order valence-electron chi connectivity index (χ3n) is 3.52. The molecule has 100 valence electrons. The number of methoxy groups -OCH3 is 1. The van der Waals surface area contributed by atoms with Gasteiger partial charge in [0, 0.05) is 31.7 Å². The molecule has 1 rings (SSSR count). The molecule has 0 heterocycles. The lowest BCUT2D eigenvalue weighted by Gasteiger charge is -2.33. The minimum absolute atomic E-state index is 0.0815. The quantitative estimate of drug-likeness (QED) is 0.743. The lowest BCUT2D eigenvalue weighted by atomic mass is 9.80. The summed E-state index contributed by atoms with van der Waals surface area (Å²) in [5, 5.41) is 2.99. The van der Waals surface area contributed by atoms with E-state index >= 15 is 0 Å². The molecule has 1 saturated carbocycles. The van der Waals surface area contributed by atoms with Gasteiger partial charge >= 0.3 is 0 Å². The number of rotatable bonds is 6. The predicted molar refractivity (Wildman–Crippen MR) is 68.7 cm³/mol. The van der Waals surface area contributed by atoms with Gasteiger partial charge < -0.3 is 15.8 Å². The molecule has 1 fully saturated rings. The van der Waals surface area contributed by atoms with Gasteiger partial charge in [-0.2, -0.15) is 0 Å². The van der Waals surface area contributed by atoms with E-state index in [1.165, 1.54) is 6.42 Å². The molecule has 4 nitrogen and oxygen atoms in total. The molecule has 0 bridgehead atoms. The van der Waals surface area contributed by atoms with Crippen LogP contribution in [0.25, 0.3) is 0 Å². The Labute approximate surface area is 104 Å². The maximum Gasteiger partial charge on any atom is 0.222 e. The first kappa shape index (κ1) is 14.5. The highest BCUT2D eigenvalue weighted by molar-refractivity contribution is 5.77. The molecule has 0 aromatic heterocycles. The molecule has 1 atom stereocenters. The molecule has 4 heteroatoms. The van der Waals surface area contributed by atoms with E-state index in [9.17, 15) is 4.79 Å². The number of nitrogens with two attached hydrogens (primary N) is 1. The summed E-state index contributed by atoms with van der Waals surface area (Å²) < 4.78 is 4.99. The predicted octanol–water partition coefficient (Wildman–Crippen LogP) is 1.58. The van der Waals surface area contributed by atoms with Gasteiger partial charge in [0.1, 0.15) is 0 Å². The third-order valence-corrected chi connectivity index (χ3v) is 3.52. The van der Waals surface area contributed by atoms with E-state index in [1.807, 2.05) is 6.92 Å². The minimum Gasteiger partial charge on any atom is -0.385 e. The fourth-order valence-corrected chi connectivity index (χ4v) is 2.45. The first-order valence-electron chi connectivity index (χ1n) is 6.63. The zero-order chi connectivity index (χ0) is 12.7. The molecule has 0 radical (unpaired) electrons. The number of hydrogen-bond acceptors (Lipinski definition) is 3. The van der Waals surface area contributed by atoms with Crippen LogP contribution in [0.1, 0.15) is 51.9 Å². The van der Waals surface area contributed by atoms with Gasteiger partial charge in [-0.25, -0.2) is 0 Å². The molecule has 3 N–H and O–H groups in total. The van der Waals surface area contributed by atoms with Crippen molar-refractivity contribution in [3.8, 4) is 0 Å². The van der Waals surface area contributed by atoms with Crippen LogP contribution in [-0.2, 0) is 9.53 Å². The summed E-state index contributed by atoms with van der Waals surface area (Å²) in [7, 11) is 1.67. The molecule has 0 aromatic carbocycles. The van der Waals surface area contributed by atoms with Crippen LogP contribution in [0.2, 0.25) is 0 Å². The molecular weight excluding hydrogens is 216 g/mol. The summed E-state index contributed by atoms with van der Waals surface area (Å²) in [6.45, 7) is 2.68. The average molecular weight is 242 g/mol. The van der Waals surface area contributed by atoms with Crippen molar-refractivity contribution >= 4 is 5.91 Å². The number of amides is 1. The van der Waals surface area contributed by atoms with E-state index < -0.39 is 0 Å². The van der Waals surface area contributed by atoms with Gasteiger partial charge in [0.15, 0.2) is 0 Å². The van der Waals surface area contributed by atoms with Crippen LogP contribution in [0, 0.1) is 0 Å². The fourth-order valence-electron chi connectivity index (χ4n) is 2.45. The van der Waals surface area contributed by atoms with Crippen molar-refractivity contribution in [2.24, 2.45) is 5.73 Å². The normalized spacial score (nSPS) is 20.9. The van der Waals surface area contributed by atoms with Crippen molar-refractivity contribution < 1.29 is 9.53 Å². The van der Waals surface area contributed by atoms with Gasteiger partial charge in [-0.1, -0.05) is 19.3 Å². The van der Waals surface area contributed by atoms with Gasteiger partial charge in [-0.05, 0) is 26.2 Å². The van der Waals surface area contributed by atoms with E-state index in [1.54, 1.807) is 7.11 Å². The molecule has 1 amide bonds. The second kappa shape index (κ2) is 6.97. The Kier molecular flexibility index (Phi) is 5.92. The Balaban J connectivity index is 2.27. The molecule has 0 spiro atoms. The monoisotopic (exact) mass is 242 g/mol. The van der Waals surface area contributed by atoms with E-state index in [0.29, 0.717) is 13.0 Å². The molecule has 1 unspecified atom stereocenters. The van der Waals surface area contributed by atoms with Crippen molar-refractivity contribution in [2.75, 3.05) is 13.7 Å². The Bertz CT molecular complexity index is 238. The summed E-state index contributed by atoms with van der Waals surface area (Å²) in [6, 6.07) is 0.162. The minimum atomic E-state index is -0.261. The van der Waals surface area contributed by atoms with Crippen LogP contribution in [-0.4, -0.2) is 31.2 Å². The lowest BCUT2D eigenvalue weighted by molar-refractivity contribution is -0.123. The molecule has 1 aliphatic carbocycles. The van der Waals surface area contributed by atoms with Crippen LogP contribution in [0.5, 0.6) is 0 Å². The van der Waals surface area contributed by atoms with Crippen molar-refractivity contribution in [2.45, 2.75) is 63.5 Å². The lowest BCUT2D eigenvalue weighted by Crippen LogP contribution is -2.47. The zero-order valence-corrected chi connectivity index (χ0v) is 11.1. The van der Waals surface area contributed by atoms with Gasteiger partial charge in [0.2, 0.25) is 5.91 Å². The second-order valence-corrected chi connectivity index (χ2v) is 5.35. The summed E-state index contributed by atoms with van der Waals surface area (Å²) in [6.07, 6.45) is 6.83. The largest absolute Gasteiger partial charge is 0.385 e. The van der Waals surface area contributed by atoms with Crippen LogP contribution in [0.15, 0.2) is 0 Å². The molecule has 0 saturated heterocycles. The first-order chi connectivity index (χ1) is 8.06. The van der Waals surface area contributed by atoms with E-state index in [4.69, 9.17) is 10.5 Å². The van der Waals surface area contributed by atoms with Gasteiger partial charge in [-0.15, -0.1) is 0 Å². The van der Waals surface area contributed by atoms with Gasteiger partial charge in [0.05, 0.1) is 0 Å². The number of ether oxygens (including phenoxy) is 1. The smallest absolute Gasteiger partial charge is 0.222 e. The first-order valence-corrected chi connectivity index (χ1v) is 6.63. The molecule has 0 aliphatic heterocycles. The van der Waals surface area contributed by atoms with Crippen LogP contribution < -0.4 is 11.1 Å². The van der Waals surface area contributed by atoms with Crippen molar-refractivity contribution in [1.29, 1.82) is 0 Å². The second-order valence-electron chi connectivity index (χ2n) is 5.35. The fraction of sp³-hybridized carbons (Fsp3) is 0.923. The van der Waals surface area contributed by atoms with E-state index in [-0.39, 0.29) is 17.5 Å². The van der Waals surface area contributed by atoms with Gasteiger partial charge in [-0.3, -0.25) is 4.79 Å². The van der Waals surface area contributed by atoms with Crippen molar-refractivity contribution in [3.05, 3.63) is 0 Å². The molecule has 0 aromatic rings.